The molecule has 1 aliphatic rings. The average Bonchev–Trinajstić information content (AvgIpc) is 2.65. The molecule has 138 valence electrons. The fourth-order valence-electron chi connectivity index (χ4n) is 3.15. The van der Waals surface area contributed by atoms with Crippen LogP contribution in [0, 0.1) is 6.92 Å². The zero-order valence-corrected chi connectivity index (χ0v) is 15.8. The number of nitrogens with one attached hydrogen (secondary N) is 1. The van der Waals surface area contributed by atoms with Crippen LogP contribution in [-0.2, 0) is 34.3 Å². The Bertz CT molecular complexity index is 893. The van der Waals surface area contributed by atoms with Crippen molar-refractivity contribution >= 4 is 15.9 Å². The third kappa shape index (κ3) is 4.51. The van der Waals surface area contributed by atoms with E-state index >= 15 is 0 Å². The number of benzene rings is 2. The van der Waals surface area contributed by atoms with Gasteiger partial charge in [0.25, 0.3) is 0 Å². The highest BCUT2D eigenvalue weighted by atomic mass is 32.2. The molecule has 0 unspecified atom stereocenters. The molecule has 0 fully saturated rings. The first-order valence-electron chi connectivity index (χ1n) is 8.81. The number of carbonyl (C=O) groups is 1. The van der Waals surface area contributed by atoms with Crippen LogP contribution in [0.2, 0.25) is 0 Å². The Kier molecular flexibility index (Phi) is 5.74. The third-order valence-corrected chi connectivity index (χ3v) is 6.63. The van der Waals surface area contributed by atoms with Crippen LogP contribution in [0.25, 0.3) is 0 Å². The summed E-state index contributed by atoms with van der Waals surface area (Å²) >= 11 is 0. The first kappa shape index (κ1) is 18.6. The molecule has 1 aliphatic heterocycles. The predicted molar refractivity (Wildman–Crippen MR) is 102 cm³/mol. The predicted octanol–water partition coefficient (Wildman–Crippen LogP) is 2.39. The van der Waals surface area contributed by atoms with E-state index in [2.05, 4.69) is 5.32 Å². The number of rotatable bonds is 6. The summed E-state index contributed by atoms with van der Waals surface area (Å²) in [6.45, 7) is 3.27. The minimum atomic E-state index is -3.44. The van der Waals surface area contributed by atoms with Gasteiger partial charge in [-0.05, 0) is 35.6 Å². The second kappa shape index (κ2) is 8.01. The summed E-state index contributed by atoms with van der Waals surface area (Å²) < 4.78 is 26.6. The van der Waals surface area contributed by atoms with Gasteiger partial charge in [0.1, 0.15) is 0 Å². The van der Waals surface area contributed by atoms with E-state index in [9.17, 15) is 13.2 Å². The van der Waals surface area contributed by atoms with Crippen molar-refractivity contribution in [1.82, 2.24) is 9.62 Å². The second-order valence-corrected chi connectivity index (χ2v) is 8.71. The van der Waals surface area contributed by atoms with Crippen molar-refractivity contribution in [3.63, 3.8) is 0 Å². The van der Waals surface area contributed by atoms with Gasteiger partial charge in [0.15, 0.2) is 0 Å². The first-order valence-corrected chi connectivity index (χ1v) is 10.4. The Balaban J connectivity index is 1.52. The van der Waals surface area contributed by atoms with Crippen molar-refractivity contribution in [2.45, 2.75) is 32.9 Å². The minimum absolute atomic E-state index is 0.0215. The smallest absolute Gasteiger partial charge is 0.221 e. The van der Waals surface area contributed by atoms with Crippen molar-refractivity contribution in [3.8, 4) is 0 Å². The number of carbonyl (C=O) groups excluding carboxylic acids is 1. The lowest BCUT2D eigenvalue weighted by atomic mass is 10.0. The van der Waals surface area contributed by atoms with Crippen LogP contribution in [0.15, 0.2) is 48.5 Å². The standard InChI is InChI=1S/C20H24N2O3S/c1-16-6-2-3-8-18(16)14-21-20(23)11-13-26(24,25)22-12-10-17-7-4-5-9-19(17)15-22/h2-9H,10-15H2,1H3,(H,21,23). The molecule has 6 heteroatoms. The third-order valence-electron chi connectivity index (χ3n) is 4.81. The number of hydrogen-bond donors (Lipinski definition) is 1. The summed E-state index contributed by atoms with van der Waals surface area (Å²) in [5.74, 6) is -0.399. The van der Waals surface area contributed by atoms with E-state index in [0.717, 1.165) is 23.1 Å². The Morgan fingerprint density at radius 3 is 2.54 bits per heavy atom. The van der Waals surface area contributed by atoms with Crippen molar-refractivity contribution in [1.29, 1.82) is 0 Å². The molecule has 1 amide bonds. The molecule has 5 nitrogen and oxygen atoms in total. The van der Waals surface area contributed by atoms with Crippen LogP contribution < -0.4 is 5.32 Å². The van der Waals surface area contributed by atoms with Crippen LogP contribution in [0.1, 0.15) is 28.7 Å². The van der Waals surface area contributed by atoms with Gasteiger partial charge in [-0.3, -0.25) is 4.79 Å². The summed E-state index contributed by atoms with van der Waals surface area (Å²) in [4.78, 5) is 12.1. The maximum Gasteiger partial charge on any atom is 0.221 e. The number of aryl methyl sites for hydroxylation is 1. The van der Waals surface area contributed by atoms with E-state index in [0.29, 0.717) is 19.6 Å². The number of fused-ring (bicyclic) bond motifs is 1. The summed E-state index contributed by atoms with van der Waals surface area (Å²) in [6, 6.07) is 15.7. The highest BCUT2D eigenvalue weighted by Crippen LogP contribution is 2.21. The topological polar surface area (TPSA) is 66.5 Å². The Labute approximate surface area is 155 Å². The lowest BCUT2D eigenvalue weighted by Gasteiger charge is -2.28. The molecule has 0 saturated carbocycles. The van der Waals surface area contributed by atoms with Crippen LogP contribution >= 0.6 is 0 Å². The summed E-state index contributed by atoms with van der Waals surface area (Å²) in [5, 5.41) is 2.81. The average molecular weight is 372 g/mol. The van der Waals surface area contributed by atoms with E-state index in [4.69, 9.17) is 0 Å². The normalized spacial score (nSPS) is 14.7. The van der Waals surface area contributed by atoms with Gasteiger partial charge in [0, 0.05) is 26.1 Å². The van der Waals surface area contributed by atoms with E-state index in [1.54, 1.807) is 0 Å². The van der Waals surface area contributed by atoms with Crippen molar-refractivity contribution in [2.24, 2.45) is 0 Å². The molecule has 0 saturated heterocycles. The Morgan fingerprint density at radius 2 is 1.77 bits per heavy atom. The SMILES string of the molecule is Cc1ccccc1CNC(=O)CCS(=O)(=O)N1CCc2ccccc2C1. The van der Waals surface area contributed by atoms with Crippen LogP contribution in [-0.4, -0.2) is 30.9 Å². The molecule has 3 rings (SSSR count). The quantitative estimate of drug-likeness (QED) is 0.847. The summed E-state index contributed by atoms with van der Waals surface area (Å²) in [6.07, 6.45) is 0.696. The molecule has 0 radical (unpaired) electrons. The van der Waals surface area contributed by atoms with E-state index in [1.807, 2.05) is 55.5 Å². The van der Waals surface area contributed by atoms with Gasteiger partial charge in [-0.25, -0.2) is 8.42 Å². The van der Waals surface area contributed by atoms with Gasteiger partial charge in [0.2, 0.25) is 15.9 Å². The molecule has 0 atom stereocenters. The molecule has 1 heterocycles. The maximum absolute atomic E-state index is 12.6. The van der Waals surface area contributed by atoms with Crippen molar-refractivity contribution in [3.05, 3.63) is 70.8 Å². The zero-order chi connectivity index (χ0) is 18.6. The van der Waals surface area contributed by atoms with E-state index in [1.165, 1.54) is 9.87 Å². The number of nitrogens with zero attached hydrogens (tertiary/aromatic N) is 1. The Morgan fingerprint density at radius 1 is 1.08 bits per heavy atom. The lowest BCUT2D eigenvalue weighted by molar-refractivity contribution is -0.120. The molecular formula is C20H24N2O3S. The minimum Gasteiger partial charge on any atom is -0.352 e. The molecule has 26 heavy (non-hydrogen) atoms. The van der Waals surface area contributed by atoms with Crippen LogP contribution in [0.3, 0.4) is 0 Å². The maximum atomic E-state index is 12.6. The molecule has 2 aromatic rings. The lowest BCUT2D eigenvalue weighted by Crippen LogP contribution is -2.38. The molecular weight excluding hydrogens is 348 g/mol. The molecule has 0 spiro atoms. The molecule has 0 aromatic heterocycles. The highest BCUT2D eigenvalue weighted by Gasteiger charge is 2.26. The number of amides is 1. The fourth-order valence-corrected chi connectivity index (χ4v) is 4.56. The second-order valence-electron chi connectivity index (χ2n) is 6.62. The highest BCUT2D eigenvalue weighted by molar-refractivity contribution is 7.89. The van der Waals surface area contributed by atoms with Gasteiger partial charge < -0.3 is 5.32 Å². The van der Waals surface area contributed by atoms with Gasteiger partial charge in [0.05, 0.1) is 5.75 Å². The molecule has 0 aliphatic carbocycles. The molecule has 2 aromatic carbocycles. The molecule has 0 bridgehead atoms. The largest absolute Gasteiger partial charge is 0.352 e. The van der Waals surface area contributed by atoms with Crippen molar-refractivity contribution < 1.29 is 13.2 Å². The molecule has 1 N–H and O–H groups in total. The first-order chi connectivity index (χ1) is 12.5. The van der Waals surface area contributed by atoms with Crippen LogP contribution in [0.5, 0.6) is 0 Å². The van der Waals surface area contributed by atoms with Gasteiger partial charge >= 0.3 is 0 Å². The van der Waals surface area contributed by atoms with E-state index < -0.39 is 10.0 Å². The number of sulfonamides is 1. The Hall–Kier alpha value is -2.18. The van der Waals surface area contributed by atoms with E-state index in [-0.39, 0.29) is 18.1 Å². The van der Waals surface area contributed by atoms with Crippen LogP contribution in [0.4, 0.5) is 0 Å². The van der Waals surface area contributed by atoms with Crippen molar-refractivity contribution in [2.75, 3.05) is 12.3 Å². The number of hydrogen-bond acceptors (Lipinski definition) is 3. The fraction of sp³-hybridized carbons (Fsp3) is 0.350. The van der Waals surface area contributed by atoms with Gasteiger partial charge in [-0.1, -0.05) is 48.5 Å². The monoisotopic (exact) mass is 372 g/mol. The zero-order valence-electron chi connectivity index (χ0n) is 14.9. The summed E-state index contributed by atoms with van der Waals surface area (Å²) in [7, 11) is -3.44. The van der Waals surface area contributed by atoms with Gasteiger partial charge in [-0.15, -0.1) is 0 Å². The summed E-state index contributed by atoms with van der Waals surface area (Å²) in [5.41, 5.74) is 4.39. The van der Waals surface area contributed by atoms with Gasteiger partial charge in [-0.2, -0.15) is 4.31 Å².